The maximum Gasteiger partial charge on any atom is 0.277 e. The van der Waals surface area contributed by atoms with Gasteiger partial charge in [-0.2, -0.15) is 0 Å². The number of hydrogen-bond donors (Lipinski definition) is 3. The fourth-order valence-corrected chi connectivity index (χ4v) is 3.98. The highest BCUT2D eigenvalue weighted by molar-refractivity contribution is 9.10. The first-order valence-corrected chi connectivity index (χ1v) is 12.9. The molecule has 0 aliphatic rings. The average Bonchev–Trinajstić information content (AvgIpc) is 3.20. The number of hydrogen-bond acceptors (Lipinski definition) is 6. The Balaban J connectivity index is 0.00000187. The Morgan fingerprint density at radius 2 is 2.09 bits per heavy atom. The second kappa shape index (κ2) is 13.0. The lowest BCUT2D eigenvalue weighted by Gasteiger charge is -2.15. The molecule has 1 unspecified atom stereocenters. The van der Waals surface area contributed by atoms with Gasteiger partial charge in [0.05, 0.1) is 47.0 Å². The van der Waals surface area contributed by atoms with Crippen molar-refractivity contribution in [2.75, 3.05) is 30.5 Å². The maximum atomic E-state index is 15.5. The van der Waals surface area contributed by atoms with Crippen LogP contribution in [0.4, 0.5) is 15.8 Å². The fourth-order valence-electron chi connectivity index (χ4n) is 2.81. The summed E-state index contributed by atoms with van der Waals surface area (Å²) in [7, 11) is -1.05. The first kappa shape index (κ1) is 27.2. The summed E-state index contributed by atoms with van der Waals surface area (Å²) in [5.74, 6) is -1.13. The number of nitrogens with zero attached hydrogens (tertiary/aromatic N) is 2. The molecule has 0 fully saturated rings. The highest BCUT2D eigenvalue weighted by Crippen LogP contribution is 2.34. The largest absolute Gasteiger partial charge is 0.394 e. The summed E-state index contributed by atoms with van der Waals surface area (Å²) in [5.41, 5.74) is 2.79. The van der Waals surface area contributed by atoms with Crippen LogP contribution in [0.15, 0.2) is 35.1 Å². The number of imidazole rings is 1. The van der Waals surface area contributed by atoms with Crippen LogP contribution in [0.5, 0.6) is 0 Å². The molecular formula is C21H25BrClFN4O4S. The number of hydroxylamine groups is 1. The maximum absolute atomic E-state index is 15.5. The minimum absolute atomic E-state index is 0.0467. The molecule has 2 aromatic carbocycles. The molecule has 0 aliphatic carbocycles. The van der Waals surface area contributed by atoms with Crippen molar-refractivity contribution >= 4 is 66.6 Å². The number of fused-ring (bicyclic) bond motifs is 1. The molecule has 1 heterocycles. The molecule has 180 valence electrons. The Morgan fingerprint density at radius 3 is 2.73 bits per heavy atom. The van der Waals surface area contributed by atoms with E-state index in [4.69, 9.17) is 21.5 Å². The summed E-state index contributed by atoms with van der Waals surface area (Å²) in [4.78, 5) is 21.7. The second-order valence-corrected chi connectivity index (χ2v) is 9.33. The van der Waals surface area contributed by atoms with Crippen LogP contribution in [-0.4, -0.2) is 50.0 Å². The number of aliphatic hydroxyl groups is 1. The molecular weight excluding hydrogens is 539 g/mol. The van der Waals surface area contributed by atoms with Crippen molar-refractivity contribution in [1.29, 1.82) is 0 Å². The van der Waals surface area contributed by atoms with Gasteiger partial charge < -0.3 is 15.0 Å². The Bertz CT molecular complexity index is 1150. The zero-order chi connectivity index (χ0) is 24.5. The van der Waals surface area contributed by atoms with Gasteiger partial charge in [0.25, 0.3) is 5.91 Å². The summed E-state index contributed by atoms with van der Waals surface area (Å²) < 4.78 is 29.3. The lowest BCUT2D eigenvalue weighted by molar-refractivity contribution is 0.0169. The number of aromatic nitrogens is 2. The van der Waals surface area contributed by atoms with Crippen LogP contribution in [0, 0.1) is 5.82 Å². The molecule has 0 saturated heterocycles. The molecule has 1 aromatic heterocycles. The third-order valence-electron chi connectivity index (χ3n) is 4.27. The van der Waals surface area contributed by atoms with Crippen molar-refractivity contribution in [3.05, 3.63) is 51.5 Å². The summed E-state index contributed by atoms with van der Waals surface area (Å²) in [6.45, 7) is 3.92. The monoisotopic (exact) mass is 562 g/mol. The highest BCUT2D eigenvalue weighted by atomic mass is 79.9. The zero-order valence-electron chi connectivity index (χ0n) is 18.3. The van der Waals surface area contributed by atoms with Crippen molar-refractivity contribution in [3.8, 4) is 0 Å². The molecule has 0 aliphatic heterocycles. The van der Waals surface area contributed by atoms with E-state index in [0.717, 1.165) is 4.47 Å². The van der Waals surface area contributed by atoms with E-state index < -0.39 is 22.5 Å². The van der Waals surface area contributed by atoms with Gasteiger partial charge in [-0.25, -0.2) is 14.9 Å². The number of rotatable bonds is 9. The van der Waals surface area contributed by atoms with Crippen molar-refractivity contribution < 1.29 is 23.3 Å². The van der Waals surface area contributed by atoms with Gasteiger partial charge in [0.1, 0.15) is 5.52 Å². The number of carbonyl (C=O) groups excluding carboxylic acids is 1. The average molecular weight is 564 g/mol. The number of amides is 1. The van der Waals surface area contributed by atoms with Crippen LogP contribution in [0.1, 0.15) is 24.2 Å². The van der Waals surface area contributed by atoms with Gasteiger partial charge in [-0.3, -0.25) is 13.8 Å². The molecule has 12 heteroatoms. The number of aryl methyl sites for hydroxylation is 1. The molecule has 0 saturated carbocycles. The first-order valence-electron chi connectivity index (χ1n) is 10.0. The number of halogens is 3. The summed E-state index contributed by atoms with van der Waals surface area (Å²) in [5, 5.41) is 12.0. The third kappa shape index (κ3) is 6.97. The molecule has 0 radical (unpaired) electrons. The number of benzene rings is 2. The minimum atomic E-state index is -1.05. The standard InChI is InChI=1S/C19H19BrClFN4O4S.C2H6/c1-31(29)7-4-26-10-23-18-15(26)9-12(19(28)25-30-6-5-27)17(16(18)22)24-14-3-2-11(20)8-13(14)21;1-2/h2-3,8-10,24,27H,4-7H2,1H3,(H,25,28);1-2H3. The van der Waals surface area contributed by atoms with Gasteiger partial charge >= 0.3 is 0 Å². The molecule has 8 nitrogen and oxygen atoms in total. The molecule has 0 bridgehead atoms. The van der Waals surface area contributed by atoms with E-state index >= 15 is 4.39 Å². The Kier molecular flexibility index (Phi) is 10.7. The van der Waals surface area contributed by atoms with E-state index in [0.29, 0.717) is 28.5 Å². The van der Waals surface area contributed by atoms with Crippen LogP contribution in [0.3, 0.4) is 0 Å². The predicted octanol–water partition coefficient (Wildman–Crippen LogP) is 4.39. The fraction of sp³-hybridized carbons (Fsp3) is 0.333. The van der Waals surface area contributed by atoms with E-state index in [1.807, 2.05) is 13.8 Å². The normalized spacial score (nSPS) is 11.6. The third-order valence-corrected chi connectivity index (χ3v) is 5.83. The van der Waals surface area contributed by atoms with Crippen molar-refractivity contribution in [2.45, 2.75) is 20.4 Å². The van der Waals surface area contributed by atoms with Gasteiger partial charge in [0.2, 0.25) is 0 Å². The minimum Gasteiger partial charge on any atom is -0.394 e. The Labute approximate surface area is 207 Å². The van der Waals surface area contributed by atoms with Crippen LogP contribution in [0.25, 0.3) is 11.0 Å². The number of anilines is 2. The first-order chi connectivity index (χ1) is 15.8. The zero-order valence-corrected chi connectivity index (χ0v) is 21.5. The van der Waals surface area contributed by atoms with Gasteiger partial charge in [0, 0.05) is 33.8 Å². The molecule has 1 amide bonds. The Hall–Kier alpha value is -2.05. The topological polar surface area (TPSA) is 105 Å². The molecule has 3 rings (SSSR count). The number of aliphatic hydroxyl groups excluding tert-OH is 1. The van der Waals surface area contributed by atoms with Crippen LogP contribution < -0.4 is 10.8 Å². The number of nitrogens with one attached hydrogen (secondary N) is 2. The van der Waals surface area contributed by atoms with Gasteiger partial charge in [-0.1, -0.05) is 41.4 Å². The Morgan fingerprint density at radius 1 is 1.36 bits per heavy atom. The van der Waals surface area contributed by atoms with E-state index in [2.05, 4.69) is 31.7 Å². The van der Waals surface area contributed by atoms with E-state index in [1.165, 1.54) is 12.4 Å². The van der Waals surface area contributed by atoms with Crippen LogP contribution >= 0.6 is 27.5 Å². The lowest BCUT2D eigenvalue weighted by atomic mass is 10.1. The molecule has 1 atom stereocenters. The second-order valence-electron chi connectivity index (χ2n) is 6.45. The molecule has 3 aromatic rings. The SMILES string of the molecule is CC.CS(=O)CCn1cnc2c(F)c(Nc3ccc(Br)cc3Cl)c(C(=O)NOCCO)cc21. The summed E-state index contributed by atoms with van der Waals surface area (Å²) >= 11 is 9.55. The van der Waals surface area contributed by atoms with Crippen LogP contribution in [0.2, 0.25) is 5.02 Å². The van der Waals surface area contributed by atoms with Crippen molar-refractivity contribution in [1.82, 2.24) is 15.0 Å². The smallest absolute Gasteiger partial charge is 0.277 e. The predicted molar refractivity (Wildman–Crippen MR) is 133 cm³/mol. The van der Waals surface area contributed by atoms with E-state index in [9.17, 15) is 9.00 Å². The van der Waals surface area contributed by atoms with Crippen molar-refractivity contribution in [3.63, 3.8) is 0 Å². The summed E-state index contributed by atoms with van der Waals surface area (Å²) in [6.07, 6.45) is 3.00. The molecule has 3 N–H and O–H groups in total. The highest BCUT2D eigenvalue weighted by Gasteiger charge is 2.23. The van der Waals surface area contributed by atoms with E-state index in [-0.39, 0.29) is 30.0 Å². The number of carbonyl (C=O) groups is 1. The quantitative estimate of drug-likeness (QED) is 0.263. The van der Waals surface area contributed by atoms with E-state index in [1.54, 1.807) is 29.0 Å². The van der Waals surface area contributed by atoms with Gasteiger partial charge in [-0.15, -0.1) is 0 Å². The molecule has 0 spiro atoms. The molecule has 33 heavy (non-hydrogen) atoms. The van der Waals surface area contributed by atoms with Gasteiger partial charge in [0.15, 0.2) is 5.82 Å². The summed E-state index contributed by atoms with van der Waals surface area (Å²) in [6, 6.07) is 6.45. The van der Waals surface area contributed by atoms with Gasteiger partial charge in [-0.05, 0) is 24.3 Å². The van der Waals surface area contributed by atoms with Crippen LogP contribution in [-0.2, 0) is 22.2 Å². The lowest BCUT2D eigenvalue weighted by Crippen LogP contribution is -2.26. The van der Waals surface area contributed by atoms with Crippen molar-refractivity contribution in [2.24, 2.45) is 0 Å².